The Hall–Kier alpha value is -0.100. The zero-order chi connectivity index (χ0) is 10.7. The molecule has 5 heteroatoms. The summed E-state index contributed by atoms with van der Waals surface area (Å²) < 4.78 is 0.574. The summed E-state index contributed by atoms with van der Waals surface area (Å²) in [5, 5.41) is 28.8. The first-order valence-corrected chi connectivity index (χ1v) is 5.88. The van der Waals surface area contributed by atoms with Crippen LogP contribution in [0.2, 0.25) is 0 Å². The molecule has 0 heterocycles. The van der Waals surface area contributed by atoms with Gasteiger partial charge < -0.3 is 15.3 Å². The van der Waals surface area contributed by atoms with Gasteiger partial charge in [-0.1, -0.05) is 37.9 Å². The van der Waals surface area contributed by atoms with E-state index in [9.17, 15) is 15.3 Å². The van der Waals surface area contributed by atoms with Gasteiger partial charge in [0.1, 0.15) is 11.9 Å². The Kier molecular flexibility index (Phi) is 4.37. The lowest BCUT2D eigenvalue weighted by Crippen LogP contribution is -2.19. The van der Waals surface area contributed by atoms with Crippen LogP contribution in [0.1, 0.15) is 11.7 Å². The zero-order valence-corrected chi connectivity index (χ0v) is 10.4. The van der Waals surface area contributed by atoms with Crippen LogP contribution in [-0.4, -0.2) is 26.8 Å². The van der Waals surface area contributed by atoms with E-state index in [0.717, 1.165) is 0 Å². The van der Waals surface area contributed by atoms with E-state index in [0.29, 0.717) is 10.0 Å². The van der Waals surface area contributed by atoms with Crippen LogP contribution in [0.25, 0.3) is 0 Å². The molecule has 78 valence electrons. The highest BCUT2D eigenvalue weighted by Crippen LogP contribution is 2.33. The third kappa shape index (κ3) is 2.48. The zero-order valence-electron chi connectivity index (χ0n) is 7.19. The SMILES string of the molecule is Oc1cccc(Br)c1C(O)C(O)CBr. The van der Waals surface area contributed by atoms with Crippen LogP contribution in [-0.2, 0) is 0 Å². The monoisotopic (exact) mass is 324 g/mol. The molecular formula is C9H10Br2O3. The van der Waals surface area contributed by atoms with Crippen molar-refractivity contribution in [1.82, 2.24) is 0 Å². The number of hydrogen-bond donors (Lipinski definition) is 3. The van der Waals surface area contributed by atoms with Gasteiger partial charge in [0.15, 0.2) is 0 Å². The number of benzene rings is 1. The molecule has 0 saturated heterocycles. The normalized spacial score (nSPS) is 15.1. The van der Waals surface area contributed by atoms with Crippen molar-refractivity contribution >= 4 is 31.9 Å². The van der Waals surface area contributed by atoms with Gasteiger partial charge in [-0.3, -0.25) is 0 Å². The molecule has 3 N–H and O–H groups in total. The molecule has 0 aliphatic rings. The second kappa shape index (κ2) is 5.11. The maximum atomic E-state index is 9.68. The van der Waals surface area contributed by atoms with Gasteiger partial charge >= 0.3 is 0 Å². The van der Waals surface area contributed by atoms with Gasteiger partial charge in [0.05, 0.1) is 6.10 Å². The fourth-order valence-corrected chi connectivity index (χ4v) is 2.04. The first kappa shape index (κ1) is 12.0. The van der Waals surface area contributed by atoms with Crippen LogP contribution in [0, 0.1) is 0 Å². The highest BCUT2D eigenvalue weighted by molar-refractivity contribution is 9.10. The number of alkyl halides is 1. The highest BCUT2D eigenvalue weighted by atomic mass is 79.9. The van der Waals surface area contributed by atoms with E-state index in [1.54, 1.807) is 12.1 Å². The van der Waals surface area contributed by atoms with Gasteiger partial charge in [-0.2, -0.15) is 0 Å². The molecule has 1 rings (SSSR count). The molecule has 1 aromatic rings. The number of hydrogen-bond acceptors (Lipinski definition) is 3. The van der Waals surface area contributed by atoms with Crippen molar-refractivity contribution in [2.45, 2.75) is 12.2 Å². The van der Waals surface area contributed by atoms with Crippen molar-refractivity contribution < 1.29 is 15.3 Å². The third-order valence-corrected chi connectivity index (χ3v) is 3.20. The van der Waals surface area contributed by atoms with Gasteiger partial charge in [0, 0.05) is 15.4 Å². The minimum atomic E-state index is -1.11. The molecule has 3 nitrogen and oxygen atoms in total. The Bertz CT molecular complexity index is 297. The second-order valence-corrected chi connectivity index (χ2v) is 4.34. The lowest BCUT2D eigenvalue weighted by molar-refractivity contribution is 0.0323. The average Bonchev–Trinajstić information content (AvgIpc) is 2.16. The molecule has 2 atom stereocenters. The van der Waals surface area contributed by atoms with Gasteiger partial charge in [0.2, 0.25) is 0 Å². The molecule has 0 spiro atoms. The van der Waals surface area contributed by atoms with E-state index in [2.05, 4.69) is 31.9 Å². The van der Waals surface area contributed by atoms with Gasteiger partial charge in [-0.25, -0.2) is 0 Å². The van der Waals surface area contributed by atoms with Crippen molar-refractivity contribution in [3.8, 4) is 5.75 Å². The lowest BCUT2D eigenvalue weighted by Gasteiger charge is -2.18. The maximum Gasteiger partial charge on any atom is 0.122 e. The van der Waals surface area contributed by atoms with Crippen LogP contribution in [0.3, 0.4) is 0 Å². The molecule has 1 aromatic carbocycles. The molecule has 0 saturated carbocycles. The third-order valence-electron chi connectivity index (χ3n) is 1.85. The van der Waals surface area contributed by atoms with Crippen molar-refractivity contribution in [3.05, 3.63) is 28.2 Å². The number of aliphatic hydroxyl groups excluding tert-OH is 2. The molecule has 0 amide bonds. The summed E-state index contributed by atoms with van der Waals surface area (Å²) in [5.41, 5.74) is 0.305. The lowest BCUT2D eigenvalue weighted by atomic mass is 10.0. The van der Waals surface area contributed by atoms with Crippen molar-refractivity contribution in [2.75, 3.05) is 5.33 Å². The summed E-state index contributed by atoms with van der Waals surface area (Å²) in [7, 11) is 0. The summed E-state index contributed by atoms with van der Waals surface area (Å²) in [6, 6.07) is 4.81. The smallest absolute Gasteiger partial charge is 0.122 e. The van der Waals surface area contributed by atoms with E-state index in [-0.39, 0.29) is 11.1 Å². The predicted molar refractivity (Wildman–Crippen MR) is 60.6 cm³/mol. The number of aliphatic hydroxyl groups is 2. The molecule has 0 bridgehead atoms. The number of aromatic hydroxyl groups is 1. The summed E-state index contributed by atoms with van der Waals surface area (Å²) >= 11 is 6.25. The number of halogens is 2. The van der Waals surface area contributed by atoms with Crippen LogP contribution in [0.4, 0.5) is 0 Å². The molecule has 2 unspecified atom stereocenters. The van der Waals surface area contributed by atoms with Gasteiger partial charge in [0.25, 0.3) is 0 Å². The van der Waals surface area contributed by atoms with E-state index in [4.69, 9.17) is 0 Å². The molecule has 0 aromatic heterocycles. The Labute approximate surface area is 98.6 Å². The van der Waals surface area contributed by atoms with Crippen molar-refractivity contribution in [1.29, 1.82) is 0 Å². The summed E-state index contributed by atoms with van der Waals surface area (Å²) in [4.78, 5) is 0. The fraction of sp³-hybridized carbons (Fsp3) is 0.333. The molecule has 0 fully saturated rings. The largest absolute Gasteiger partial charge is 0.508 e. The molecule has 0 radical (unpaired) electrons. The Morgan fingerprint density at radius 1 is 1.29 bits per heavy atom. The predicted octanol–water partition coefficient (Wildman–Crippen LogP) is 1.94. The Balaban J connectivity index is 3.05. The standard InChI is InChI=1S/C9H10Br2O3/c10-4-7(13)9(14)8-5(11)2-1-3-6(8)12/h1-3,7,9,12-14H,4H2. The van der Waals surface area contributed by atoms with Crippen LogP contribution in [0.15, 0.2) is 22.7 Å². The molecule has 0 aliphatic heterocycles. The summed E-state index contributed by atoms with van der Waals surface area (Å²) in [6.45, 7) is 0. The van der Waals surface area contributed by atoms with E-state index in [1.807, 2.05) is 0 Å². The number of phenolic OH excluding ortho intramolecular Hbond substituents is 1. The Morgan fingerprint density at radius 2 is 1.93 bits per heavy atom. The molecule has 0 aliphatic carbocycles. The minimum Gasteiger partial charge on any atom is -0.508 e. The van der Waals surface area contributed by atoms with Crippen molar-refractivity contribution in [2.24, 2.45) is 0 Å². The first-order chi connectivity index (χ1) is 6.57. The summed E-state index contributed by atoms with van der Waals surface area (Å²) in [6.07, 6.45) is -2.05. The van der Waals surface area contributed by atoms with Crippen LogP contribution < -0.4 is 0 Å². The first-order valence-electron chi connectivity index (χ1n) is 3.97. The maximum absolute atomic E-state index is 9.68. The molecule has 14 heavy (non-hydrogen) atoms. The van der Waals surface area contributed by atoms with E-state index in [1.165, 1.54) is 6.07 Å². The minimum absolute atomic E-state index is 0.0353. The van der Waals surface area contributed by atoms with Crippen LogP contribution >= 0.6 is 31.9 Å². The van der Waals surface area contributed by atoms with E-state index >= 15 is 0 Å². The van der Waals surface area contributed by atoms with Crippen molar-refractivity contribution in [3.63, 3.8) is 0 Å². The van der Waals surface area contributed by atoms with Crippen LogP contribution in [0.5, 0.6) is 5.75 Å². The Morgan fingerprint density at radius 3 is 2.43 bits per heavy atom. The average molecular weight is 326 g/mol. The summed E-state index contributed by atoms with van der Waals surface area (Å²) in [5.74, 6) is -0.0353. The fourth-order valence-electron chi connectivity index (χ4n) is 1.10. The quantitative estimate of drug-likeness (QED) is 0.744. The number of phenols is 1. The second-order valence-electron chi connectivity index (χ2n) is 2.84. The number of rotatable bonds is 3. The molecular weight excluding hydrogens is 316 g/mol. The highest BCUT2D eigenvalue weighted by Gasteiger charge is 2.22. The topological polar surface area (TPSA) is 60.7 Å². The van der Waals surface area contributed by atoms with Gasteiger partial charge in [-0.15, -0.1) is 0 Å². The van der Waals surface area contributed by atoms with E-state index < -0.39 is 12.2 Å². The van der Waals surface area contributed by atoms with Gasteiger partial charge in [-0.05, 0) is 12.1 Å².